The van der Waals surface area contributed by atoms with E-state index in [0.29, 0.717) is 6.42 Å². The summed E-state index contributed by atoms with van der Waals surface area (Å²) < 4.78 is 40.3. The minimum Gasteiger partial charge on any atom is -0.307 e. The fourth-order valence-corrected chi connectivity index (χ4v) is 3.29. The van der Waals surface area contributed by atoms with Crippen LogP contribution in [-0.4, -0.2) is 18.3 Å². The van der Waals surface area contributed by atoms with Gasteiger partial charge in [-0.2, -0.15) is 13.2 Å². The van der Waals surface area contributed by atoms with Crippen LogP contribution in [0.25, 0.3) is 0 Å². The van der Waals surface area contributed by atoms with E-state index in [0.717, 1.165) is 5.56 Å². The Morgan fingerprint density at radius 3 is 2.04 bits per heavy atom. The molecule has 2 aromatic carbocycles. The third-order valence-electron chi connectivity index (χ3n) is 4.49. The van der Waals surface area contributed by atoms with Crippen LogP contribution in [0.1, 0.15) is 56.5 Å². The molecule has 2 aromatic rings. The van der Waals surface area contributed by atoms with E-state index >= 15 is 0 Å². The van der Waals surface area contributed by atoms with Gasteiger partial charge >= 0.3 is 6.18 Å². The lowest BCUT2D eigenvalue weighted by atomic mass is 9.98. The van der Waals surface area contributed by atoms with Gasteiger partial charge in [0.05, 0.1) is 0 Å². The van der Waals surface area contributed by atoms with Gasteiger partial charge in [0, 0.05) is 18.1 Å². The van der Waals surface area contributed by atoms with Crippen molar-refractivity contribution in [3.63, 3.8) is 0 Å². The molecule has 0 saturated heterocycles. The Labute approximate surface area is 160 Å². The monoisotopic (exact) mass is 378 g/mol. The molecule has 0 aliphatic carbocycles. The number of benzene rings is 2. The molecule has 0 saturated carbocycles. The van der Waals surface area contributed by atoms with E-state index in [9.17, 15) is 13.2 Å². The molecule has 0 aromatic heterocycles. The molecule has 0 heterocycles. The molecular formula is C22H29F3N2. The Morgan fingerprint density at radius 1 is 0.815 bits per heavy atom. The summed E-state index contributed by atoms with van der Waals surface area (Å²) in [6, 6.07) is 15.3. The highest BCUT2D eigenvalue weighted by Gasteiger charge is 2.40. The first kappa shape index (κ1) is 21.5. The van der Waals surface area contributed by atoms with Gasteiger partial charge in [-0.1, -0.05) is 68.4 Å². The predicted octanol–water partition coefficient (Wildman–Crippen LogP) is 5.57. The number of rotatable bonds is 8. The van der Waals surface area contributed by atoms with Crippen molar-refractivity contribution in [1.29, 1.82) is 0 Å². The van der Waals surface area contributed by atoms with Crippen LogP contribution in [0.3, 0.4) is 0 Å². The average molecular weight is 378 g/mol. The maximum Gasteiger partial charge on any atom is 0.407 e. The largest absolute Gasteiger partial charge is 0.407 e. The molecule has 0 aliphatic heterocycles. The highest BCUT2D eigenvalue weighted by atomic mass is 19.4. The number of alkyl halides is 3. The van der Waals surface area contributed by atoms with Crippen molar-refractivity contribution in [1.82, 2.24) is 10.6 Å². The lowest BCUT2D eigenvalue weighted by Gasteiger charge is -2.25. The quantitative estimate of drug-likeness (QED) is 0.627. The fraction of sp³-hybridized carbons (Fsp3) is 0.455. The number of halogens is 3. The summed E-state index contributed by atoms with van der Waals surface area (Å²) in [5.74, 6) is 0. The summed E-state index contributed by atoms with van der Waals surface area (Å²) >= 11 is 0. The van der Waals surface area contributed by atoms with Gasteiger partial charge in [0.2, 0.25) is 0 Å². The van der Waals surface area contributed by atoms with Crippen molar-refractivity contribution in [2.24, 2.45) is 0 Å². The molecule has 0 fully saturated rings. The Bertz CT molecular complexity index is 698. The van der Waals surface area contributed by atoms with Gasteiger partial charge in [-0.25, -0.2) is 0 Å². The van der Waals surface area contributed by atoms with Gasteiger partial charge in [0.1, 0.15) is 6.04 Å². The first-order chi connectivity index (χ1) is 12.7. The van der Waals surface area contributed by atoms with Crippen molar-refractivity contribution >= 4 is 0 Å². The van der Waals surface area contributed by atoms with Crippen molar-refractivity contribution in [2.75, 3.05) is 0 Å². The third-order valence-corrected chi connectivity index (χ3v) is 4.49. The van der Waals surface area contributed by atoms with E-state index in [1.54, 1.807) is 32.0 Å². The third kappa shape index (κ3) is 6.67. The fourth-order valence-electron chi connectivity index (χ4n) is 3.29. The topological polar surface area (TPSA) is 24.1 Å². The molecule has 2 rings (SSSR count). The van der Waals surface area contributed by atoms with E-state index in [1.807, 2.05) is 24.3 Å². The molecule has 0 radical (unpaired) electrons. The van der Waals surface area contributed by atoms with Crippen molar-refractivity contribution in [2.45, 2.75) is 64.5 Å². The minimum absolute atomic E-state index is 0.137. The Kier molecular flexibility index (Phi) is 7.45. The Hall–Kier alpha value is -1.85. The normalized spacial score (nSPS) is 15.6. The molecular weight excluding hydrogens is 349 g/mol. The van der Waals surface area contributed by atoms with Crippen LogP contribution in [-0.2, 0) is 6.42 Å². The SMILES string of the molecule is CC(C)N[C@H](c1cccc(CC(C)N[C@H](C)c2ccccc2)c1)C(F)(F)F. The molecule has 0 bridgehead atoms. The van der Waals surface area contributed by atoms with Crippen LogP contribution in [0.5, 0.6) is 0 Å². The standard InChI is InChI=1S/C22H29F3N2/c1-15(2)26-21(22(23,24)25)20-12-8-9-18(14-20)13-16(3)27-17(4)19-10-6-5-7-11-19/h5-12,14-17,21,26-27H,13H2,1-4H3/t16?,17-,21-/m1/s1. The molecule has 0 amide bonds. The van der Waals surface area contributed by atoms with E-state index in [4.69, 9.17) is 0 Å². The first-order valence-electron chi connectivity index (χ1n) is 9.39. The molecule has 0 spiro atoms. The van der Waals surface area contributed by atoms with E-state index < -0.39 is 12.2 Å². The number of nitrogens with one attached hydrogen (secondary N) is 2. The predicted molar refractivity (Wildman–Crippen MR) is 105 cm³/mol. The minimum atomic E-state index is -4.32. The summed E-state index contributed by atoms with van der Waals surface area (Å²) in [6.07, 6.45) is -3.66. The summed E-state index contributed by atoms with van der Waals surface area (Å²) in [5.41, 5.74) is 2.35. The van der Waals surface area contributed by atoms with Gasteiger partial charge in [-0.3, -0.25) is 0 Å². The second-order valence-electron chi connectivity index (χ2n) is 7.45. The molecule has 3 atom stereocenters. The zero-order chi connectivity index (χ0) is 20.0. The van der Waals surface area contributed by atoms with E-state index in [1.165, 1.54) is 5.56 Å². The lowest BCUT2D eigenvalue weighted by molar-refractivity contribution is -0.159. The van der Waals surface area contributed by atoms with Crippen LogP contribution in [0.2, 0.25) is 0 Å². The zero-order valence-corrected chi connectivity index (χ0v) is 16.3. The van der Waals surface area contributed by atoms with Crippen molar-refractivity contribution in [3.8, 4) is 0 Å². The molecule has 0 aliphatic rings. The molecule has 2 N–H and O–H groups in total. The van der Waals surface area contributed by atoms with Crippen LogP contribution >= 0.6 is 0 Å². The highest BCUT2D eigenvalue weighted by Crippen LogP contribution is 2.33. The van der Waals surface area contributed by atoms with E-state index in [-0.39, 0.29) is 23.7 Å². The lowest BCUT2D eigenvalue weighted by Crippen LogP contribution is -2.38. The van der Waals surface area contributed by atoms with Crippen molar-refractivity contribution in [3.05, 3.63) is 71.3 Å². The highest BCUT2D eigenvalue weighted by molar-refractivity contribution is 5.28. The number of hydrogen-bond donors (Lipinski definition) is 2. The van der Waals surface area contributed by atoms with Gasteiger partial charge in [0.25, 0.3) is 0 Å². The maximum absolute atomic E-state index is 13.4. The number of hydrogen-bond acceptors (Lipinski definition) is 2. The van der Waals surface area contributed by atoms with Crippen LogP contribution < -0.4 is 10.6 Å². The summed E-state index contributed by atoms with van der Waals surface area (Å²) in [6.45, 7) is 7.59. The molecule has 148 valence electrons. The van der Waals surface area contributed by atoms with Gasteiger partial charge in [-0.05, 0) is 37.0 Å². The summed E-state index contributed by atoms with van der Waals surface area (Å²) in [4.78, 5) is 0. The van der Waals surface area contributed by atoms with Crippen LogP contribution in [0.15, 0.2) is 54.6 Å². The summed E-state index contributed by atoms with van der Waals surface area (Å²) in [5, 5.41) is 6.15. The van der Waals surface area contributed by atoms with E-state index in [2.05, 4.69) is 36.6 Å². The molecule has 1 unspecified atom stereocenters. The smallest absolute Gasteiger partial charge is 0.307 e. The van der Waals surface area contributed by atoms with Crippen LogP contribution in [0, 0.1) is 0 Å². The van der Waals surface area contributed by atoms with Gasteiger partial charge in [0.15, 0.2) is 0 Å². The van der Waals surface area contributed by atoms with Gasteiger partial charge in [-0.15, -0.1) is 0 Å². The second kappa shape index (κ2) is 9.38. The first-order valence-corrected chi connectivity index (χ1v) is 9.39. The van der Waals surface area contributed by atoms with Gasteiger partial charge < -0.3 is 10.6 Å². The second-order valence-corrected chi connectivity index (χ2v) is 7.45. The maximum atomic E-state index is 13.4. The molecule has 27 heavy (non-hydrogen) atoms. The zero-order valence-electron chi connectivity index (χ0n) is 16.3. The Balaban J connectivity index is 2.07. The average Bonchev–Trinajstić information content (AvgIpc) is 2.59. The Morgan fingerprint density at radius 2 is 1.44 bits per heavy atom. The summed E-state index contributed by atoms with van der Waals surface area (Å²) in [7, 11) is 0. The molecule has 5 heteroatoms. The van der Waals surface area contributed by atoms with Crippen LogP contribution in [0.4, 0.5) is 13.2 Å². The molecule has 2 nitrogen and oxygen atoms in total. The van der Waals surface area contributed by atoms with Crippen molar-refractivity contribution < 1.29 is 13.2 Å².